The van der Waals surface area contributed by atoms with Gasteiger partial charge in [-0.15, -0.1) is 4.80 Å². The molecule has 10 heteroatoms. The van der Waals surface area contributed by atoms with Crippen LogP contribution in [0.25, 0.3) is 15.2 Å². The number of nitrogens with zero attached hydrogens (tertiary/aromatic N) is 4. The van der Waals surface area contributed by atoms with E-state index >= 15 is 0 Å². The van der Waals surface area contributed by atoms with Crippen molar-refractivity contribution >= 4 is 27.5 Å². The number of rotatable bonds is 4. The molecule has 3 heterocycles. The minimum absolute atomic E-state index is 0.317. The van der Waals surface area contributed by atoms with Gasteiger partial charge in [0.15, 0.2) is 0 Å². The molecule has 0 fully saturated rings. The lowest BCUT2D eigenvalue weighted by Crippen LogP contribution is -2.40. The molecule has 0 aromatic carbocycles. The summed E-state index contributed by atoms with van der Waals surface area (Å²) >= 11 is 1.22. The molecule has 23 heavy (non-hydrogen) atoms. The Hall–Kier alpha value is -2.75. The van der Waals surface area contributed by atoms with Gasteiger partial charge in [-0.2, -0.15) is 10.2 Å². The zero-order valence-corrected chi connectivity index (χ0v) is 13.3. The highest BCUT2D eigenvalue weighted by molar-refractivity contribution is 7.21. The average molecular weight is 334 g/mol. The largest absolute Gasteiger partial charge is 0.355 e. The zero-order valence-electron chi connectivity index (χ0n) is 12.5. The Morgan fingerprint density at radius 1 is 1.35 bits per heavy atom. The fraction of sp³-hybridized carbons (Fsp3) is 0.308. The van der Waals surface area contributed by atoms with Gasteiger partial charge in [0.25, 0.3) is 5.56 Å². The van der Waals surface area contributed by atoms with E-state index in [0.29, 0.717) is 27.3 Å². The van der Waals surface area contributed by atoms with Crippen molar-refractivity contribution in [2.24, 2.45) is 0 Å². The number of thiophene rings is 1. The first-order chi connectivity index (χ1) is 11.0. The van der Waals surface area contributed by atoms with Crippen molar-refractivity contribution in [3.8, 4) is 5.00 Å². The van der Waals surface area contributed by atoms with Crippen LogP contribution in [0.5, 0.6) is 0 Å². The number of hydrogen-bond donors (Lipinski definition) is 2. The molecule has 0 saturated carbocycles. The summed E-state index contributed by atoms with van der Waals surface area (Å²) in [6.45, 7) is 3.64. The average Bonchev–Trinajstić information content (AvgIpc) is 3.12. The Balaban J connectivity index is 2.19. The van der Waals surface area contributed by atoms with E-state index in [1.807, 2.05) is 0 Å². The second-order valence-electron chi connectivity index (χ2n) is 4.83. The monoisotopic (exact) mass is 334 g/mol. The fourth-order valence-electron chi connectivity index (χ4n) is 2.29. The van der Waals surface area contributed by atoms with Gasteiger partial charge in [-0.1, -0.05) is 11.3 Å². The Bertz CT molecular complexity index is 982. The van der Waals surface area contributed by atoms with Crippen LogP contribution in [0, 0.1) is 6.92 Å². The van der Waals surface area contributed by atoms with Gasteiger partial charge in [-0.3, -0.25) is 19.1 Å². The molecular weight excluding hydrogens is 320 g/mol. The number of fused-ring (bicyclic) bond motifs is 1. The van der Waals surface area contributed by atoms with Gasteiger partial charge in [0, 0.05) is 12.1 Å². The van der Waals surface area contributed by atoms with E-state index in [4.69, 9.17) is 0 Å². The van der Waals surface area contributed by atoms with Crippen LogP contribution in [0.15, 0.2) is 22.0 Å². The van der Waals surface area contributed by atoms with E-state index < -0.39 is 11.2 Å². The summed E-state index contributed by atoms with van der Waals surface area (Å²) in [4.78, 5) is 40.9. The maximum absolute atomic E-state index is 12.6. The number of carbonyl (C=O) groups is 1. The second kappa shape index (κ2) is 5.80. The molecule has 3 rings (SSSR count). The van der Waals surface area contributed by atoms with Crippen molar-refractivity contribution < 1.29 is 4.79 Å². The van der Waals surface area contributed by atoms with E-state index in [2.05, 4.69) is 20.5 Å². The zero-order chi connectivity index (χ0) is 16.6. The van der Waals surface area contributed by atoms with Gasteiger partial charge in [0.05, 0.1) is 17.8 Å². The van der Waals surface area contributed by atoms with Crippen molar-refractivity contribution in [2.75, 3.05) is 6.54 Å². The number of aromatic amines is 1. The maximum Gasteiger partial charge on any atom is 0.329 e. The lowest BCUT2D eigenvalue weighted by Gasteiger charge is -2.05. The van der Waals surface area contributed by atoms with Gasteiger partial charge < -0.3 is 5.32 Å². The van der Waals surface area contributed by atoms with Gasteiger partial charge in [0.1, 0.15) is 16.4 Å². The summed E-state index contributed by atoms with van der Waals surface area (Å²) in [6.07, 6.45) is 3.06. The quantitative estimate of drug-likeness (QED) is 0.684. The number of likely N-dealkylation sites (N-methyl/N-ethyl adjacent to an activating group) is 1. The normalized spacial score (nSPS) is 11.0. The predicted octanol–water partition coefficient (Wildman–Crippen LogP) is -0.223. The first-order valence-electron chi connectivity index (χ1n) is 6.92. The smallest absolute Gasteiger partial charge is 0.329 e. The topological polar surface area (TPSA) is 115 Å². The first kappa shape index (κ1) is 15.2. The predicted molar refractivity (Wildman–Crippen MR) is 85.0 cm³/mol. The van der Waals surface area contributed by atoms with Gasteiger partial charge in [-0.25, -0.2) is 4.79 Å². The molecule has 0 saturated heterocycles. The van der Waals surface area contributed by atoms with E-state index in [-0.39, 0.29) is 12.5 Å². The molecule has 0 spiro atoms. The molecular formula is C13H14N6O3S. The van der Waals surface area contributed by atoms with Gasteiger partial charge in [-0.05, 0) is 13.8 Å². The van der Waals surface area contributed by atoms with Gasteiger partial charge >= 0.3 is 5.69 Å². The number of nitrogens with one attached hydrogen (secondary N) is 2. The molecule has 9 nitrogen and oxygen atoms in total. The van der Waals surface area contributed by atoms with Crippen molar-refractivity contribution in [2.45, 2.75) is 20.4 Å². The number of H-pyrrole nitrogens is 1. The lowest BCUT2D eigenvalue weighted by atomic mass is 10.2. The molecule has 2 N–H and O–H groups in total. The molecule has 0 atom stereocenters. The van der Waals surface area contributed by atoms with Crippen molar-refractivity contribution in [3.05, 3.63) is 38.8 Å². The molecule has 120 valence electrons. The standard InChI is InChI=1S/C13H14N6O3S/c1-3-14-8(20)6-18-11(21)9-7(2)12(19-15-4-5-16-19)23-10(9)17-13(18)22/h4-5H,3,6H2,1-2H3,(H,14,20)(H,17,22). The third kappa shape index (κ3) is 2.57. The number of aryl methyl sites for hydroxylation is 1. The van der Waals surface area contributed by atoms with Crippen molar-refractivity contribution in [3.63, 3.8) is 0 Å². The molecule has 1 amide bonds. The minimum atomic E-state index is -0.616. The van der Waals surface area contributed by atoms with Crippen LogP contribution < -0.4 is 16.6 Å². The van der Waals surface area contributed by atoms with E-state index in [0.717, 1.165) is 4.57 Å². The van der Waals surface area contributed by atoms with E-state index in [9.17, 15) is 14.4 Å². The third-order valence-electron chi connectivity index (χ3n) is 3.32. The fourth-order valence-corrected chi connectivity index (χ4v) is 3.40. The summed E-state index contributed by atoms with van der Waals surface area (Å²) in [5.74, 6) is -0.388. The highest BCUT2D eigenvalue weighted by atomic mass is 32.1. The van der Waals surface area contributed by atoms with Crippen LogP contribution in [-0.4, -0.2) is 37.0 Å². The van der Waals surface area contributed by atoms with E-state index in [1.165, 1.54) is 28.5 Å². The Morgan fingerprint density at radius 2 is 2.04 bits per heavy atom. The Kier molecular flexibility index (Phi) is 3.82. The third-order valence-corrected chi connectivity index (χ3v) is 4.50. The molecule has 0 aliphatic heterocycles. The number of aromatic nitrogens is 5. The summed E-state index contributed by atoms with van der Waals surface area (Å²) in [5, 5.41) is 11.7. The van der Waals surface area contributed by atoms with Crippen molar-refractivity contribution in [1.82, 2.24) is 29.9 Å². The highest BCUT2D eigenvalue weighted by Crippen LogP contribution is 2.28. The molecule has 0 radical (unpaired) electrons. The minimum Gasteiger partial charge on any atom is -0.355 e. The maximum atomic E-state index is 12.6. The van der Waals surface area contributed by atoms with Crippen LogP contribution in [0.2, 0.25) is 0 Å². The number of amides is 1. The SMILES string of the molecule is CCNC(=O)Cn1c(=O)[nH]c2sc(-n3nccn3)c(C)c2c1=O. The van der Waals surface area contributed by atoms with Crippen molar-refractivity contribution in [1.29, 1.82) is 0 Å². The van der Waals surface area contributed by atoms with Crippen LogP contribution in [0.1, 0.15) is 12.5 Å². The van der Waals surface area contributed by atoms with Crippen LogP contribution >= 0.6 is 11.3 Å². The summed E-state index contributed by atoms with van der Waals surface area (Å²) in [6, 6.07) is 0. The van der Waals surface area contributed by atoms with Crippen LogP contribution in [0.4, 0.5) is 0 Å². The summed E-state index contributed by atoms with van der Waals surface area (Å²) < 4.78 is 0.896. The van der Waals surface area contributed by atoms with Crippen LogP contribution in [-0.2, 0) is 11.3 Å². The lowest BCUT2D eigenvalue weighted by molar-refractivity contribution is -0.121. The molecule has 0 bridgehead atoms. The van der Waals surface area contributed by atoms with Gasteiger partial charge in [0.2, 0.25) is 5.91 Å². The van der Waals surface area contributed by atoms with Crippen LogP contribution in [0.3, 0.4) is 0 Å². The Labute approximate surface area is 133 Å². The molecule has 3 aromatic rings. The summed E-state index contributed by atoms with van der Waals surface area (Å²) in [5.41, 5.74) is -0.454. The number of hydrogen-bond acceptors (Lipinski definition) is 6. The highest BCUT2D eigenvalue weighted by Gasteiger charge is 2.18. The molecule has 0 unspecified atom stereocenters. The first-order valence-corrected chi connectivity index (χ1v) is 7.74. The number of carbonyl (C=O) groups excluding carboxylic acids is 1. The Morgan fingerprint density at radius 3 is 2.70 bits per heavy atom. The molecule has 3 aromatic heterocycles. The molecule has 0 aliphatic rings. The van der Waals surface area contributed by atoms with E-state index in [1.54, 1.807) is 13.8 Å². The molecule has 0 aliphatic carbocycles. The summed E-state index contributed by atoms with van der Waals surface area (Å²) in [7, 11) is 0. The second-order valence-corrected chi connectivity index (χ2v) is 5.83.